The number of aliphatic carboxylic acids is 1. The topological polar surface area (TPSA) is 160 Å². The number of rotatable bonds is 11. The van der Waals surface area contributed by atoms with E-state index in [9.17, 15) is 14.4 Å². The first kappa shape index (κ1) is 27.2. The monoisotopic (exact) mass is 455 g/mol. The maximum Gasteiger partial charge on any atom is 0.303 e. The van der Waals surface area contributed by atoms with Gasteiger partial charge in [-0.3, -0.25) is 19.4 Å². The van der Waals surface area contributed by atoms with Crippen LogP contribution in [0.2, 0.25) is 0 Å². The normalized spacial score (nSPS) is 9.73. The number of nitrogens with one attached hydrogen (secondary N) is 2. The Labute approximate surface area is 194 Å². The van der Waals surface area contributed by atoms with Gasteiger partial charge in [-0.2, -0.15) is 0 Å². The van der Waals surface area contributed by atoms with Gasteiger partial charge in [-0.1, -0.05) is 60.2 Å². The van der Waals surface area contributed by atoms with Crippen LogP contribution < -0.4 is 22.1 Å². The van der Waals surface area contributed by atoms with E-state index in [0.717, 1.165) is 12.8 Å². The lowest BCUT2D eigenvalue weighted by Crippen LogP contribution is -2.37. The molecule has 7 N–H and O–H groups in total. The van der Waals surface area contributed by atoms with E-state index in [4.69, 9.17) is 16.6 Å². The van der Waals surface area contributed by atoms with E-state index in [0.29, 0.717) is 13.1 Å². The van der Waals surface area contributed by atoms with E-state index in [1.54, 1.807) is 0 Å². The highest BCUT2D eigenvalue weighted by Crippen LogP contribution is 2.18. The zero-order valence-electron chi connectivity index (χ0n) is 18.9. The molecule has 0 aliphatic heterocycles. The number of carboxylic acid groups (broad SMARTS) is 1. The van der Waals surface area contributed by atoms with E-state index in [2.05, 4.69) is 71.1 Å². The standard InChI is InChI=1S/C13H12.C11H21N5O4/c1-11-7-9-13(10-8-11)12-5-3-2-4-6-12;12-11(13)15-6-2-1-5-14-9(18)7-16-8(17)3-4-10(19)20/h2-10H,1H3;1-7H2,(H,14,18)(H,16,17)(H,19,20)(H4,12,13,15). The summed E-state index contributed by atoms with van der Waals surface area (Å²) in [6, 6.07) is 19.0. The Morgan fingerprint density at radius 1 is 0.848 bits per heavy atom. The van der Waals surface area contributed by atoms with Crippen molar-refractivity contribution in [1.29, 1.82) is 0 Å². The van der Waals surface area contributed by atoms with Crippen LogP contribution in [-0.4, -0.2) is 48.5 Å². The number of hydrogen-bond donors (Lipinski definition) is 5. The second-order valence-electron chi connectivity index (χ2n) is 7.27. The van der Waals surface area contributed by atoms with Crippen molar-refractivity contribution in [2.75, 3.05) is 19.6 Å². The molecule has 0 bridgehead atoms. The molecule has 33 heavy (non-hydrogen) atoms. The Morgan fingerprint density at radius 2 is 1.48 bits per heavy atom. The van der Waals surface area contributed by atoms with E-state index >= 15 is 0 Å². The molecule has 0 aromatic heterocycles. The molecule has 0 radical (unpaired) electrons. The molecule has 2 amide bonds. The predicted octanol–water partition coefficient (Wildman–Crippen LogP) is 1.80. The highest BCUT2D eigenvalue weighted by molar-refractivity contribution is 5.86. The van der Waals surface area contributed by atoms with E-state index in [-0.39, 0.29) is 31.3 Å². The third-order valence-corrected chi connectivity index (χ3v) is 4.37. The van der Waals surface area contributed by atoms with Crippen LogP contribution in [0.25, 0.3) is 11.1 Å². The minimum absolute atomic E-state index is 0.0399. The molecule has 0 saturated heterocycles. The van der Waals surface area contributed by atoms with Gasteiger partial charge in [-0.25, -0.2) is 0 Å². The molecule has 178 valence electrons. The average molecular weight is 456 g/mol. The van der Waals surface area contributed by atoms with E-state index in [1.165, 1.54) is 16.7 Å². The van der Waals surface area contributed by atoms with Gasteiger partial charge in [0.2, 0.25) is 11.8 Å². The van der Waals surface area contributed by atoms with Crippen LogP contribution in [0.3, 0.4) is 0 Å². The van der Waals surface area contributed by atoms with Crippen molar-refractivity contribution in [2.24, 2.45) is 16.5 Å². The van der Waals surface area contributed by atoms with Crippen molar-refractivity contribution < 1.29 is 19.5 Å². The SMILES string of the molecule is Cc1ccc(-c2ccccc2)cc1.NC(N)=NCCCCNC(=O)CNC(=O)CCC(=O)O. The summed E-state index contributed by atoms with van der Waals surface area (Å²) in [4.78, 5) is 36.5. The molecule has 9 nitrogen and oxygen atoms in total. The van der Waals surface area contributed by atoms with Crippen LogP contribution in [0.15, 0.2) is 59.6 Å². The fourth-order valence-corrected chi connectivity index (χ4v) is 2.60. The molecule has 0 unspecified atom stereocenters. The Hall–Kier alpha value is -3.88. The van der Waals surface area contributed by atoms with Crippen molar-refractivity contribution >= 4 is 23.7 Å². The number of carbonyl (C=O) groups excluding carboxylic acids is 2. The predicted molar refractivity (Wildman–Crippen MR) is 129 cm³/mol. The number of carbonyl (C=O) groups is 3. The summed E-state index contributed by atoms with van der Waals surface area (Å²) in [5.41, 5.74) is 14.2. The Morgan fingerprint density at radius 3 is 2.09 bits per heavy atom. The van der Waals surface area contributed by atoms with Gasteiger partial charge in [0.05, 0.1) is 13.0 Å². The third kappa shape index (κ3) is 13.9. The smallest absolute Gasteiger partial charge is 0.303 e. The van der Waals surface area contributed by atoms with E-state index < -0.39 is 11.9 Å². The van der Waals surface area contributed by atoms with Crippen LogP contribution in [0.4, 0.5) is 0 Å². The van der Waals surface area contributed by atoms with E-state index in [1.807, 2.05) is 6.07 Å². The first-order chi connectivity index (χ1) is 15.8. The van der Waals surface area contributed by atoms with Crippen LogP contribution in [0.5, 0.6) is 0 Å². The Kier molecular flexibility index (Phi) is 13.0. The summed E-state index contributed by atoms with van der Waals surface area (Å²) >= 11 is 0. The zero-order chi connectivity index (χ0) is 24.5. The first-order valence-electron chi connectivity index (χ1n) is 10.7. The van der Waals surface area contributed by atoms with Crippen LogP contribution in [-0.2, 0) is 14.4 Å². The summed E-state index contributed by atoms with van der Waals surface area (Å²) in [7, 11) is 0. The lowest BCUT2D eigenvalue weighted by atomic mass is 10.0. The molecule has 2 aromatic carbocycles. The molecular weight excluding hydrogens is 422 g/mol. The highest BCUT2D eigenvalue weighted by Gasteiger charge is 2.07. The number of guanidine groups is 1. The highest BCUT2D eigenvalue weighted by atomic mass is 16.4. The minimum Gasteiger partial charge on any atom is -0.481 e. The largest absolute Gasteiger partial charge is 0.481 e. The molecule has 9 heteroatoms. The minimum atomic E-state index is -1.05. The lowest BCUT2D eigenvalue weighted by Gasteiger charge is -2.06. The molecule has 0 aliphatic rings. The van der Waals surface area contributed by atoms with Gasteiger partial charge in [0.15, 0.2) is 5.96 Å². The second kappa shape index (κ2) is 15.9. The fourth-order valence-electron chi connectivity index (χ4n) is 2.60. The molecule has 2 aromatic rings. The quantitative estimate of drug-likeness (QED) is 0.197. The van der Waals surface area contributed by atoms with Crippen LogP contribution in [0.1, 0.15) is 31.2 Å². The zero-order valence-corrected chi connectivity index (χ0v) is 18.9. The van der Waals surface area contributed by atoms with Crippen molar-refractivity contribution in [1.82, 2.24) is 10.6 Å². The average Bonchev–Trinajstić information content (AvgIpc) is 2.80. The summed E-state index contributed by atoms with van der Waals surface area (Å²) in [5, 5.41) is 13.3. The van der Waals surface area contributed by atoms with Gasteiger partial charge in [0.1, 0.15) is 0 Å². The van der Waals surface area contributed by atoms with Crippen molar-refractivity contribution in [3.63, 3.8) is 0 Å². The number of unbranched alkanes of at least 4 members (excludes halogenated alkanes) is 1. The summed E-state index contributed by atoms with van der Waals surface area (Å²) in [6.45, 7) is 2.91. The van der Waals surface area contributed by atoms with Gasteiger partial charge in [0.25, 0.3) is 0 Å². The number of aryl methyl sites for hydroxylation is 1. The van der Waals surface area contributed by atoms with Crippen molar-refractivity contribution in [3.8, 4) is 11.1 Å². The summed E-state index contributed by atoms with van der Waals surface area (Å²) < 4.78 is 0. The molecule has 0 heterocycles. The van der Waals surface area contributed by atoms with Gasteiger partial charge in [-0.15, -0.1) is 0 Å². The van der Waals surface area contributed by atoms with Gasteiger partial charge in [0, 0.05) is 19.5 Å². The molecule has 0 atom stereocenters. The maximum absolute atomic E-state index is 11.3. The number of nitrogens with two attached hydrogens (primary N) is 2. The molecule has 0 spiro atoms. The molecule has 2 rings (SSSR count). The first-order valence-corrected chi connectivity index (χ1v) is 10.7. The number of amides is 2. The lowest BCUT2D eigenvalue weighted by molar-refractivity contribution is -0.138. The van der Waals surface area contributed by atoms with Crippen LogP contribution >= 0.6 is 0 Å². The van der Waals surface area contributed by atoms with Gasteiger partial charge >= 0.3 is 5.97 Å². The number of aliphatic imine (C=N–C) groups is 1. The summed E-state index contributed by atoms with van der Waals surface area (Å²) in [5.74, 6) is -1.80. The second-order valence-corrected chi connectivity index (χ2v) is 7.27. The Balaban J connectivity index is 0.000000357. The molecule has 0 fully saturated rings. The molecular formula is C24H33N5O4. The third-order valence-electron chi connectivity index (χ3n) is 4.37. The number of benzene rings is 2. The fraction of sp³-hybridized carbons (Fsp3) is 0.333. The number of carboxylic acids is 1. The number of hydrogen-bond acceptors (Lipinski definition) is 4. The molecule has 0 saturated carbocycles. The van der Waals surface area contributed by atoms with Crippen molar-refractivity contribution in [2.45, 2.75) is 32.6 Å². The number of nitrogens with zero attached hydrogens (tertiary/aromatic N) is 1. The van der Waals surface area contributed by atoms with Crippen LogP contribution in [0, 0.1) is 6.92 Å². The Bertz CT molecular complexity index is 895. The van der Waals surface area contributed by atoms with Crippen molar-refractivity contribution in [3.05, 3.63) is 60.2 Å². The van der Waals surface area contributed by atoms with Gasteiger partial charge < -0.3 is 27.2 Å². The van der Waals surface area contributed by atoms with Gasteiger partial charge in [-0.05, 0) is 30.9 Å². The maximum atomic E-state index is 11.3. The summed E-state index contributed by atoms with van der Waals surface area (Å²) in [6.07, 6.45) is 1.07. The molecule has 0 aliphatic carbocycles.